The first-order chi connectivity index (χ1) is 35.0. The molecule has 0 fully saturated rings. The highest BCUT2D eigenvalue weighted by atomic mass is 16.6. The molecular formula is C65H126O6. The Bertz CT molecular complexity index is 1060. The second-order valence-corrected chi connectivity index (χ2v) is 22.4. The predicted molar refractivity (Wildman–Crippen MR) is 307 cm³/mol. The minimum absolute atomic E-state index is 0.0615. The molecule has 0 aromatic rings. The van der Waals surface area contributed by atoms with Gasteiger partial charge in [-0.15, -0.1) is 0 Å². The molecule has 0 spiro atoms. The number of esters is 3. The van der Waals surface area contributed by atoms with Crippen molar-refractivity contribution in [3.05, 3.63) is 0 Å². The Labute approximate surface area is 444 Å². The van der Waals surface area contributed by atoms with Crippen molar-refractivity contribution in [2.45, 2.75) is 386 Å². The van der Waals surface area contributed by atoms with Crippen LogP contribution in [0, 0.1) is 0 Å². The fourth-order valence-electron chi connectivity index (χ4n) is 10.2. The third kappa shape index (κ3) is 59.2. The molecule has 0 saturated heterocycles. The zero-order valence-corrected chi connectivity index (χ0v) is 48.5. The van der Waals surface area contributed by atoms with Gasteiger partial charge in [0.2, 0.25) is 0 Å². The quantitative estimate of drug-likeness (QED) is 0.0343. The number of carbonyl (C=O) groups is 3. The van der Waals surface area contributed by atoms with E-state index >= 15 is 0 Å². The highest BCUT2D eigenvalue weighted by Crippen LogP contribution is 2.19. The van der Waals surface area contributed by atoms with E-state index in [9.17, 15) is 14.4 Å². The molecule has 0 aliphatic carbocycles. The molecule has 0 bridgehead atoms. The van der Waals surface area contributed by atoms with Gasteiger partial charge in [0.05, 0.1) is 0 Å². The molecule has 1 atom stereocenters. The number of carbonyl (C=O) groups excluding carboxylic acids is 3. The third-order valence-electron chi connectivity index (χ3n) is 15.1. The molecular weight excluding hydrogens is 877 g/mol. The summed E-state index contributed by atoms with van der Waals surface area (Å²) in [7, 11) is 0. The summed E-state index contributed by atoms with van der Waals surface area (Å²) in [6.07, 6.45) is 70.1. The molecule has 422 valence electrons. The van der Waals surface area contributed by atoms with E-state index < -0.39 is 6.10 Å². The van der Waals surface area contributed by atoms with E-state index in [0.29, 0.717) is 19.3 Å². The summed E-state index contributed by atoms with van der Waals surface area (Å²) in [5.41, 5.74) is 0. The Morgan fingerprint density at radius 2 is 0.380 bits per heavy atom. The lowest BCUT2D eigenvalue weighted by molar-refractivity contribution is -0.167. The highest BCUT2D eigenvalue weighted by Gasteiger charge is 2.19. The van der Waals surface area contributed by atoms with Gasteiger partial charge in [-0.05, 0) is 19.3 Å². The van der Waals surface area contributed by atoms with Crippen molar-refractivity contribution in [2.75, 3.05) is 13.2 Å². The summed E-state index contributed by atoms with van der Waals surface area (Å²) in [5, 5.41) is 0. The molecule has 0 rings (SSSR count). The summed E-state index contributed by atoms with van der Waals surface area (Å²) in [6, 6.07) is 0. The SMILES string of the molecule is CCCCCCCCCCCCCCCCCCCCCCCCCCCCC(=O)OCC(COC(=O)CCCCCCCCC)OC(=O)CCCCCCCCCCCCCCCCCCCCCC. The van der Waals surface area contributed by atoms with Gasteiger partial charge in [-0.1, -0.05) is 342 Å². The van der Waals surface area contributed by atoms with Gasteiger partial charge in [-0.2, -0.15) is 0 Å². The zero-order valence-electron chi connectivity index (χ0n) is 48.5. The van der Waals surface area contributed by atoms with Crippen molar-refractivity contribution in [3.63, 3.8) is 0 Å². The van der Waals surface area contributed by atoms with E-state index in [2.05, 4.69) is 20.8 Å². The van der Waals surface area contributed by atoms with Gasteiger partial charge in [-0.25, -0.2) is 0 Å². The van der Waals surface area contributed by atoms with Gasteiger partial charge < -0.3 is 14.2 Å². The van der Waals surface area contributed by atoms with Crippen LogP contribution in [0.15, 0.2) is 0 Å². The van der Waals surface area contributed by atoms with E-state index in [-0.39, 0.29) is 31.1 Å². The third-order valence-corrected chi connectivity index (χ3v) is 15.1. The summed E-state index contributed by atoms with van der Waals surface area (Å²) >= 11 is 0. The van der Waals surface area contributed by atoms with Crippen LogP contribution in [-0.4, -0.2) is 37.2 Å². The minimum Gasteiger partial charge on any atom is -0.462 e. The molecule has 0 radical (unpaired) electrons. The van der Waals surface area contributed by atoms with Gasteiger partial charge >= 0.3 is 17.9 Å². The molecule has 0 aromatic carbocycles. The van der Waals surface area contributed by atoms with Crippen molar-refractivity contribution in [1.29, 1.82) is 0 Å². The van der Waals surface area contributed by atoms with Crippen molar-refractivity contribution in [3.8, 4) is 0 Å². The smallest absolute Gasteiger partial charge is 0.306 e. The standard InChI is InChI=1S/C65H126O6/c1-4-7-10-13-16-18-20-22-24-26-28-30-31-32-33-34-35-37-38-40-42-44-46-49-52-55-58-64(67)70-61-62(60-69-63(66)57-54-51-48-15-12-9-6-3)71-65(68)59-56-53-50-47-45-43-41-39-36-29-27-25-23-21-19-17-14-11-8-5-2/h62H,4-61H2,1-3H3. The summed E-state index contributed by atoms with van der Waals surface area (Å²) < 4.78 is 16.9. The maximum absolute atomic E-state index is 12.8. The molecule has 0 N–H and O–H groups in total. The van der Waals surface area contributed by atoms with Crippen LogP contribution in [0.4, 0.5) is 0 Å². The largest absolute Gasteiger partial charge is 0.462 e. The fraction of sp³-hybridized carbons (Fsp3) is 0.954. The number of ether oxygens (including phenoxy) is 3. The summed E-state index contributed by atoms with van der Waals surface area (Å²) in [5.74, 6) is -0.837. The maximum atomic E-state index is 12.8. The Morgan fingerprint density at radius 3 is 0.563 bits per heavy atom. The van der Waals surface area contributed by atoms with Gasteiger partial charge in [-0.3, -0.25) is 14.4 Å². The number of hydrogen-bond acceptors (Lipinski definition) is 6. The lowest BCUT2D eigenvalue weighted by atomic mass is 10.0. The first kappa shape index (κ1) is 69.4. The van der Waals surface area contributed by atoms with E-state index in [0.717, 1.165) is 57.8 Å². The molecule has 71 heavy (non-hydrogen) atoms. The van der Waals surface area contributed by atoms with Crippen molar-refractivity contribution in [2.24, 2.45) is 0 Å². The van der Waals surface area contributed by atoms with Crippen LogP contribution >= 0.6 is 0 Å². The van der Waals surface area contributed by atoms with Gasteiger partial charge in [0, 0.05) is 19.3 Å². The normalized spacial score (nSPS) is 11.9. The Kier molecular flexibility index (Phi) is 59.6. The van der Waals surface area contributed by atoms with Crippen molar-refractivity contribution < 1.29 is 28.6 Å². The number of hydrogen-bond donors (Lipinski definition) is 0. The average Bonchev–Trinajstić information content (AvgIpc) is 3.37. The molecule has 1 unspecified atom stereocenters. The molecule has 0 aromatic heterocycles. The molecule has 0 aliphatic heterocycles. The van der Waals surface area contributed by atoms with Gasteiger partial charge in [0.1, 0.15) is 13.2 Å². The van der Waals surface area contributed by atoms with E-state index in [1.54, 1.807) is 0 Å². The van der Waals surface area contributed by atoms with E-state index in [4.69, 9.17) is 14.2 Å². The van der Waals surface area contributed by atoms with E-state index in [1.165, 1.54) is 283 Å². The van der Waals surface area contributed by atoms with Crippen LogP contribution < -0.4 is 0 Å². The molecule has 6 nitrogen and oxygen atoms in total. The minimum atomic E-state index is -0.761. The van der Waals surface area contributed by atoms with Crippen LogP contribution in [0.25, 0.3) is 0 Å². The highest BCUT2D eigenvalue weighted by molar-refractivity contribution is 5.71. The fourth-order valence-corrected chi connectivity index (χ4v) is 10.2. The Balaban J connectivity index is 4.02. The first-order valence-electron chi connectivity index (χ1n) is 32.5. The zero-order chi connectivity index (χ0) is 51.4. The van der Waals surface area contributed by atoms with Gasteiger partial charge in [0.15, 0.2) is 6.10 Å². The lowest BCUT2D eigenvalue weighted by Crippen LogP contribution is -2.30. The summed E-state index contributed by atoms with van der Waals surface area (Å²) in [4.78, 5) is 38.1. The van der Waals surface area contributed by atoms with Crippen LogP contribution in [-0.2, 0) is 28.6 Å². The summed E-state index contributed by atoms with van der Waals surface area (Å²) in [6.45, 7) is 6.68. The average molecular weight is 1000 g/mol. The topological polar surface area (TPSA) is 78.9 Å². The van der Waals surface area contributed by atoms with Gasteiger partial charge in [0.25, 0.3) is 0 Å². The molecule has 0 aliphatic rings. The first-order valence-corrected chi connectivity index (χ1v) is 32.5. The van der Waals surface area contributed by atoms with Crippen LogP contribution in [0.5, 0.6) is 0 Å². The number of rotatable bonds is 61. The maximum Gasteiger partial charge on any atom is 0.306 e. The van der Waals surface area contributed by atoms with Crippen LogP contribution in [0.1, 0.15) is 380 Å². The Morgan fingerprint density at radius 1 is 0.225 bits per heavy atom. The predicted octanol–water partition coefficient (Wildman–Crippen LogP) is 21.9. The molecule has 6 heteroatoms. The second kappa shape index (κ2) is 61.0. The molecule has 0 saturated carbocycles. The molecule has 0 amide bonds. The van der Waals surface area contributed by atoms with E-state index in [1.807, 2.05) is 0 Å². The molecule has 0 heterocycles. The van der Waals surface area contributed by atoms with Crippen molar-refractivity contribution in [1.82, 2.24) is 0 Å². The number of unbranched alkanes of at least 4 members (excludes halogenated alkanes) is 50. The monoisotopic (exact) mass is 1000 g/mol. The van der Waals surface area contributed by atoms with Crippen molar-refractivity contribution >= 4 is 17.9 Å². The van der Waals surface area contributed by atoms with Crippen LogP contribution in [0.3, 0.4) is 0 Å². The second-order valence-electron chi connectivity index (χ2n) is 22.4. The Hall–Kier alpha value is -1.59. The lowest BCUT2D eigenvalue weighted by Gasteiger charge is -2.18. The van der Waals surface area contributed by atoms with Crippen LogP contribution in [0.2, 0.25) is 0 Å².